The molecule has 110 valence electrons. The first-order valence-electron chi connectivity index (χ1n) is 6.17. The van der Waals surface area contributed by atoms with Gasteiger partial charge in [0.15, 0.2) is 0 Å². The fourth-order valence-corrected chi connectivity index (χ4v) is 2.04. The number of aryl methyl sites for hydroxylation is 1. The van der Waals surface area contributed by atoms with Crippen LogP contribution in [0.3, 0.4) is 0 Å². The fourth-order valence-electron chi connectivity index (χ4n) is 2.04. The van der Waals surface area contributed by atoms with Crippen LogP contribution in [0.4, 0.5) is 21.5 Å². The van der Waals surface area contributed by atoms with E-state index in [2.05, 4.69) is 5.32 Å². The van der Waals surface area contributed by atoms with Crippen molar-refractivity contribution in [3.63, 3.8) is 0 Å². The van der Waals surface area contributed by atoms with Crippen LogP contribution in [0, 0.1) is 12.7 Å². The van der Waals surface area contributed by atoms with Crippen molar-refractivity contribution in [1.82, 2.24) is 0 Å². The van der Waals surface area contributed by atoms with E-state index in [-0.39, 0.29) is 11.3 Å². The Hall–Kier alpha value is -2.76. The minimum Gasteiger partial charge on any atom is -0.496 e. The van der Waals surface area contributed by atoms with Crippen LogP contribution in [0.25, 0.3) is 0 Å². The number of methoxy groups -OCH3 is 1. The van der Waals surface area contributed by atoms with Gasteiger partial charge in [0.2, 0.25) is 0 Å². The molecule has 21 heavy (non-hydrogen) atoms. The summed E-state index contributed by atoms with van der Waals surface area (Å²) in [4.78, 5) is 11.2. The van der Waals surface area contributed by atoms with Gasteiger partial charge in [0.1, 0.15) is 17.1 Å². The largest absolute Gasteiger partial charge is 0.496 e. The lowest BCUT2D eigenvalue weighted by Gasteiger charge is -2.13. The van der Waals surface area contributed by atoms with Crippen molar-refractivity contribution >= 4 is 23.0 Å². The van der Waals surface area contributed by atoms with Gasteiger partial charge in [-0.3, -0.25) is 0 Å². The molecule has 2 aromatic carbocycles. The first kappa shape index (κ1) is 14.6. The zero-order chi connectivity index (χ0) is 15.6. The molecule has 0 saturated heterocycles. The number of hydrogen-bond donors (Lipinski definition) is 3. The second kappa shape index (κ2) is 5.70. The molecule has 0 unspecified atom stereocenters. The molecular weight excluding hydrogens is 275 g/mol. The third-order valence-corrected chi connectivity index (χ3v) is 3.08. The lowest BCUT2D eigenvalue weighted by Crippen LogP contribution is -2.08. The molecule has 0 heterocycles. The number of aromatic carboxylic acids is 1. The van der Waals surface area contributed by atoms with Gasteiger partial charge >= 0.3 is 5.97 Å². The van der Waals surface area contributed by atoms with E-state index in [0.29, 0.717) is 5.69 Å². The molecule has 0 atom stereocenters. The zero-order valence-electron chi connectivity index (χ0n) is 11.6. The van der Waals surface area contributed by atoms with Gasteiger partial charge in [-0.15, -0.1) is 0 Å². The number of carbonyl (C=O) groups is 1. The van der Waals surface area contributed by atoms with Gasteiger partial charge < -0.3 is 20.9 Å². The molecule has 2 rings (SSSR count). The minimum absolute atomic E-state index is 0.228. The Bertz CT molecular complexity index is 702. The molecule has 0 bridgehead atoms. The van der Waals surface area contributed by atoms with Crippen molar-refractivity contribution in [2.75, 3.05) is 18.2 Å². The topological polar surface area (TPSA) is 84.6 Å². The summed E-state index contributed by atoms with van der Waals surface area (Å²) in [5.41, 5.74) is 6.58. The molecule has 0 aromatic heterocycles. The Kier molecular flexibility index (Phi) is 3.98. The summed E-state index contributed by atoms with van der Waals surface area (Å²) in [6.07, 6.45) is 0. The highest BCUT2D eigenvalue weighted by molar-refractivity contribution is 6.00. The molecule has 6 heteroatoms. The smallest absolute Gasteiger partial charge is 0.340 e. The molecule has 0 spiro atoms. The van der Waals surface area contributed by atoms with E-state index >= 15 is 0 Å². The highest BCUT2D eigenvalue weighted by Crippen LogP contribution is 2.29. The van der Waals surface area contributed by atoms with Gasteiger partial charge in [-0.25, -0.2) is 9.18 Å². The predicted octanol–water partition coefficient (Wildman–Crippen LogP) is 3.17. The highest BCUT2D eigenvalue weighted by atomic mass is 19.1. The maximum absolute atomic E-state index is 13.4. The number of hydrogen-bond acceptors (Lipinski definition) is 4. The number of carboxylic acid groups (broad SMARTS) is 1. The van der Waals surface area contributed by atoms with Gasteiger partial charge in [-0.1, -0.05) is 0 Å². The van der Waals surface area contributed by atoms with Crippen LogP contribution in [-0.2, 0) is 0 Å². The van der Waals surface area contributed by atoms with E-state index in [0.717, 1.165) is 17.4 Å². The van der Waals surface area contributed by atoms with Gasteiger partial charge in [0, 0.05) is 5.69 Å². The number of halogens is 1. The number of ether oxygens (including phenoxy) is 1. The monoisotopic (exact) mass is 290 g/mol. The molecule has 0 radical (unpaired) electrons. The van der Waals surface area contributed by atoms with E-state index < -0.39 is 17.5 Å². The van der Waals surface area contributed by atoms with Crippen LogP contribution >= 0.6 is 0 Å². The molecule has 5 nitrogen and oxygen atoms in total. The maximum Gasteiger partial charge on any atom is 0.340 e. The van der Waals surface area contributed by atoms with E-state index in [1.807, 2.05) is 6.92 Å². The number of nitrogens with two attached hydrogens (primary N) is 1. The van der Waals surface area contributed by atoms with Crippen LogP contribution in [-0.4, -0.2) is 18.2 Å². The summed E-state index contributed by atoms with van der Waals surface area (Å²) < 4.78 is 18.5. The van der Waals surface area contributed by atoms with Crippen molar-refractivity contribution in [2.45, 2.75) is 6.92 Å². The molecule has 0 amide bonds. The number of nitrogens with one attached hydrogen (secondary N) is 1. The van der Waals surface area contributed by atoms with Crippen molar-refractivity contribution in [1.29, 1.82) is 0 Å². The Labute approximate surface area is 121 Å². The van der Waals surface area contributed by atoms with E-state index in [4.69, 9.17) is 10.5 Å². The van der Waals surface area contributed by atoms with Crippen molar-refractivity contribution < 1.29 is 19.0 Å². The summed E-state index contributed by atoms with van der Waals surface area (Å²) in [7, 11) is 1.57. The molecular formula is C15H15FN2O3. The van der Waals surface area contributed by atoms with Crippen LogP contribution in [0.15, 0.2) is 30.3 Å². The number of rotatable bonds is 4. The van der Waals surface area contributed by atoms with E-state index in [1.54, 1.807) is 25.3 Å². The van der Waals surface area contributed by atoms with Crippen LogP contribution < -0.4 is 15.8 Å². The summed E-state index contributed by atoms with van der Waals surface area (Å²) in [5.74, 6) is -1.33. The molecule has 0 aliphatic heterocycles. The van der Waals surface area contributed by atoms with Gasteiger partial charge in [-0.2, -0.15) is 0 Å². The summed E-state index contributed by atoms with van der Waals surface area (Å²) in [6.45, 7) is 1.86. The standard InChI is InChI=1S/C15H15FN2O3/c1-8-7-9(3-6-12(8)21-2)18-11-5-4-10(16)14(17)13(11)15(19)20/h3-7,18H,17H2,1-2H3,(H,19,20). The van der Waals surface area contributed by atoms with Gasteiger partial charge in [0.25, 0.3) is 0 Å². The lowest BCUT2D eigenvalue weighted by molar-refractivity contribution is 0.0698. The fraction of sp³-hybridized carbons (Fsp3) is 0.133. The second-order valence-electron chi connectivity index (χ2n) is 4.50. The number of anilines is 3. The molecule has 0 aliphatic carbocycles. The third-order valence-electron chi connectivity index (χ3n) is 3.08. The zero-order valence-corrected chi connectivity index (χ0v) is 11.6. The average molecular weight is 290 g/mol. The normalized spacial score (nSPS) is 10.2. The van der Waals surface area contributed by atoms with E-state index in [9.17, 15) is 14.3 Å². The minimum atomic E-state index is -1.29. The Balaban J connectivity index is 2.42. The quantitative estimate of drug-likeness (QED) is 0.753. The van der Waals surface area contributed by atoms with Crippen LogP contribution in [0.2, 0.25) is 0 Å². The molecule has 0 saturated carbocycles. The summed E-state index contributed by atoms with van der Waals surface area (Å²) in [6, 6.07) is 7.75. The maximum atomic E-state index is 13.4. The van der Waals surface area contributed by atoms with Crippen molar-refractivity contribution in [2.24, 2.45) is 0 Å². The lowest BCUT2D eigenvalue weighted by atomic mass is 10.1. The molecule has 2 aromatic rings. The average Bonchev–Trinajstić information content (AvgIpc) is 2.43. The second-order valence-corrected chi connectivity index (χ2v) is 4.50. The van der Waals surface area contributed by atoms with Crippen molar-refractivity contribution in [3.8, 4) is 5.75 Å². The number of benzene rings is 2. The van der Waals surface area contributed by atoms with E-state index in [1.165, 1.54) is 6.07 Å². The first-order chi connectivity index (χ1) is 9.93. The summed E-state index contributed by atoms with van der Waals surface area (Å²) in [5, 5.41) is 12.1. The number of nitrogen functional groups attached to an aromatic ring is 1. The Morgan fingerprint density at radius 3 is 2.62 bits per heavy atom. The van der Waals surface area contributed by atoms with Crippen molar-refractivity contribution in [3.05, 3.63) is 47.3 Å². The number of carboxylic acids is 1. The molecule has 4 N–H and O–H groups in total. The molecule has 0 fully saturated rings. The highest BCUT2D eigenvalue weighted by Gasteiger charge is 2.17. The predicted molar refractivity (Wildman–Crippen MR) is 78.8 cm³/mol. The third kappa shape index (κ3) is 2.89. The molecule has 0 aliphatic rings. The van der Waals surface area contributed by atoms with Gasteiger partial charge in [0.05, 0.1) is 18.5 Å². The van der Waals surface area contributed by atoms with Gasteiger partial charge in [-0.05, 0) is 42.8 Å². The van der Waals surface area contributed by atoms with Crippen LogP contribution in [0.1, 0.15) is 15.9 Å². The SMILES string of the molecule is COc1ccc(Nc2ccc(F)c(N)c2C(=O)O)cc1C. The first-order valence-corrected chi connectivity index (χ1v) is 6.17. The van der Waals surface area contributed by atoms with Crippen LogP contribution in [0.5, 0.6) is 5.75 Å². The summed E-state index contributed by atoms with van der Waals surface area (Å²) >= 11 is 0. The Morgan fingerprint density at radius 1 is 1.33 bits per heavy atom. The Morgan fingerprint density at radius 2 is 2.05 bits per heavy atom.